The number of amides is 1. The highest BCUT2D eigenvalue weighted by Crippen LogP contribution is 2.21. The number of hydrogen-bond acceptors (Lipinski definition) is 5. The summed E-state index contributed by atoms with van der Waals surface area (Å²) in [4.78, 5) is 21.5. The fourth-order valence-electron chi connectivity index (χ4n) is 3.44. The monoisotopic (exact) mass is 452 g/mol. The largest absolute Gasteiger partial charge is 0.494 e. The number of rotatable bonds is 9. The Kier molecular flexibility index (Phi) is 7.50. The van der Waals surface area contributed by atoms with E-state index in [1.807, 2.05) is 48.5 Å². The highest BCUT2D eigenvalue weighted by Gasteiger charge is 2.08. The van der Waals surface area contributed by atoms with E-state index in [9.17, 15) is 4.79 Å². The molecule has 0 aliphatic rings. The highest BCUT2D eigenvalue weighted by molar-refractivity contribution is 5.95. The number of anilines is 2. The van der Waals surface area contributed by atoms with Crippen LogP contribution in [-0.4, -0.2) is 22.5 Å². The van der Waals surface area contributed by atoms with Crippen LogP contribution in [0.2, 0.25) is 0 Å². The SMILES string of the molecule is CCCOc1ccc(CNC(=O)c2cccc(Nc3ncc(-c4cccc(C)c4)cn3)c2)cc1. The summed E-state index contributed by atoms with van der Waals surface area (Å²) in [5.74, 6) is 1.16. The summed E-state index contributed by atoms with van der Waals surface area (Å²) in [6, 6.07) is 23.3. The third-order valence-electron chi connectivity index (χ3n) is 5.23. The number of nitrogens with zero attached hydrogens (tertiary/aromatic N) is 2. The van der Waals surface area contributed by atoms with Crippen molar-refractivity contribution in [2.24, 2.45) is 0 Å². The van der Waals surface area contributed by atoms with Gasteiger partial charge >= 0.3 is 0 Å². The second kappa shape index (κ2) is 11.1. The van der Waals surface area contributed by atoms with E-state index < -0.39 is 0 Å². The lowest BCUT2D eigenvalue weighted by Gasteiger charge is -2.10. The predicted octanol–water partition coefficient (Wildman–Crippen LogP) is 5.91. The van der Waals surface area contributed by atoms with Crippen molar-refractivity contribution >= 4 is 17.5 Å². The Bertz CT molecular complexity index is 1240. The average Bonchev–Trinajstić information content (AvgIpc) is 2.87. The summed E-state index contributed by atoms with van der Waals surface area (Å²) in [6.45, 7) is 5.27. The van der Waals surface area contributed by atoms with Crippen LogP contribution >= 0.6 is 0 Å². The molecule has 0 spiro atoms. The number of nitrogens with one attached hydrogen (secondary N) is 2. The molecule has 4 rings (SSSR count). The topological polar surface area (TPSA) is 76.1 Å². The lowest BCUT2D eigenvalue weighted by molar-refractivity contribution is 0.0951. The summed E-state index contributed by atoms with van der Waals surface area (Å²) in [5, 5.41) is 6.13. The molecule has 0 saturated carbocycles. The molecular formula is C28H28N4O2. The van der Waals surface area contributed by atoms with E-state index in [1.165, 1.54) is 5.56 Å². The van der Waals surface area contributed by atoms with Gasteiger partial charge in [0.25, 0.3) is 5.91 Å². The van der Waals surface area contributed by atoms with E-state index in [2.05, 4.69) is 46.6 Å². The van der Waals surface area contributed by atoms with E-state index >= 15 is 0 Å². The van der Waals surface area contributed by atoms with E-state index in [4.69, 9.17) is 4.74 Å². The van der Waals surface area contributed by atoms with Crippen molar-refractivity contribution < 1.29 is 9.53 Å². The molecule has 3 aromatic carbocycles. The summed E-state index contributed by atoms with van der Waals surface area (Å²) in [6.07, 6.45) is 4.55. The molecule has 1 amide bonds. The van der Waals surface area contributed by atoms with Gasteiger partial charge in [-0.3, -0.25) is 4.79 Å². The van der Waals surface area contributed by atoms with Crippen molar-refractivity contribution in [3.8, 4) is 16.9 Å². The van der Waals surface area contributed by atoms with Gasteiger partial charge in [-0.15, -0.1) is 0 Å². The van der Waals surface area contributed by atoms with Gasteiger partial charge in [-0.1, -0.05) is 55.0 Å². The Labute approximate surface area is 200 Å². The molecule has 0 unspecified atom stereocenters. The average molecular weight is 453 g/mol. The molecule has 0 aliphatic heterocycles. The Hall–Kier alpha value is -4.19. The van der Waals surface area contributed by atoms with Gasteiger partial charge in [-0.2, -0.15) is 0 Å². The number of ether oxygens (including phenoxy) is 1. The lowest BCUT2D eigenvalue weighted by Crippen LogP contribution is -2.22. The molecule has 0 fully saturated rings. The molecule has 0 bridgehead atoms. The fraction of sp³-hybridized carbons (Fsp3) is 0.179. The van der Waals surface area contributed by atoms with Crippen molar-refractivity contribution in [3.05, 3.63) is 102 Å². The van der Waals surface area contributed by atoms with Crippen LogP contribution in [0.1, 0.15) is 34.8 Å². The third kappa shape index (κ3) is 6.19. The van der Waals surface area contributed by atoms with Gasteiger partial charge in [-0.05, 0) is 54.8 Å². The van der Waals surface area contributed by atoms with Crippen molar-refractivity contribution in [2.75, 3.05) is 11.9 Å². The summed E-state index contributed by atoms with van der Waals surface area (Å²) < 4.78 is 5.60. The molecule has 0 atom stereocenters. The number of carbonyl (C=O) groups excluding carboxylic acids is 1. The van der Waals surface area contributed by atoms with E-state index in [-0.39, 0.29) is 5.91 Å². The van der Waals surface area contributed by atoms with E-state index in [0.717, 1.165) is 34.5 Å². The van der Waals surface area contributed by atoms with Crippen molar-refractivity contribution in [1.82, 2.24) is 15.3 Å². The summed E-state index contributed by atoms with van der Waals surface area (Å²) in [7, 11) is 0. The minimum Gasteiger partial charge on any atom is -0.494 e. The Morgan fingerprint density at radius 3 is 2.41 bits per heavy atom. The molecule has 34 heavy (non-hydrogen) atoms. The van der Waals surface area contributed by atoms with E-state index in [0.29, 0.717) is 24.7 Å². The molecule has 4 aromatic rings. The highest BCUT2D eigenvalue weighted by atomic mass is 16.5. The Balaban J connectivity index is 1.35. The van der Waals surface area contributed by atoms with Crippen LogP contribution in [-0.2, 0) is 6.54 Å². The number of aryl methyl sites for hydroxylation is 1. The van der Waals surface area contributed by atoms with Crippen LogP contribution in [0.3, 0.4) is 0 Å². The quantitative estimate of drug-likeness (QED) is 0.330. The normalized spacial score (nSPS) is 10.5. The molecule has 6 heteroatoms. The second-order valence-electron chi connectivity index (χ2n) is 8.05. The van der Waals surface area contributed by atoms with Crippen molar-refractivity contribution in [2.45, 2.75) is 26.8 Å². The van der Waals surface area contributed by atoms with Crippen LogP contribution in [0, 0.1) is 6.92 Å². The van der Waals surface area contributed by atoms with E-state index in [1.54, 1.807) is 24.5 Å². The fourth-order valence-corrected chi connectivity index (χ4v) is 3.44. The Morgan fingerprint density at radius 1 is 0.912 bits per heavy atom. The number of benzene rings is 3. The minimum atomic E-state index is -0.148. The van der Waals surface area contributed by atoms with Gasteiger partial charge in [0.05, 0.1) is 6.61 Å². The zero-order valence-electron chi connectivity index (χ0n) is 19.4. The van der Waals surface area contributed by atoms with Gasteiger partial charge < -0.3 is 15.4 Å². The smallest absolute Gasteiger partial charge is 0.251 e. The van der Waals surface area contributed by atoms with Gasteiger partial charge in [-0.25, -0.2) is 9.97 Å². The number of aromatic nitrogens is 2. The minimum absolute atomic E-state index is 0.148. The number of carbonyl (C=O) groups is 1. The maximum Gasteiger partial charge on any atom is 0.251 e. The number of hydrogen-bond donors (Lipinski definition) is 2. The first-order valence-electron chi connectivity index (χ1n) is 11.4. The Morgan fingerprint density at radius 2 is 1.68 bits per heavy atom. The van der Waals surface area contributed by atoms with Gasteiger partial charge in [0.1, 0.15) is 5.75 Å². The molecule has 0 radical (unpaired) electrons. The van der Waals surface area contributed by atoms with Crippen molar-refractivity contribution in [1.29, 1.82) is 0 Å². The van der Waals surface area contributed by atoms with Crippen LogP contribution in [0.25, 0.3) is 11.1 Å². The van der Waals surface area contributed by atoms with Crippen LogP contribution < -0.4 is 15.4 Å². The molecule has 2 N–H and O–H groups in total. The van der Waals surface area contributed by atoms with Gasteiger partial charge in [0, 0.05) is 35.8 Å². The van der Waals surface area contributed by atoms with Gasteiger partial charge in [0.15, 0.2) is 0 Å². The molecular weight excluding hydrogens is 424 g/mol. The molecule has 0 aliphatic carbocycles. The zero-order valence-corrected chi connectivity index (χ0v) is 19.4. The zero-order chi connectivity index (χ0) is 23.8. The molecule has 172 valence electrons. The van der Waals surface area contributed by atoms with Crippen LogP contribution in [0.15, 0.2) is 85.2 Å². The maximum atomic E-state index is 12.7. The summed E-state index contributed by atoms with van der Waals surface area (Å²) in [5.41, 5.74) is 5.53. The summed E-state index contributed by atoms with van der Waals surface area (Å²) >= 11 is 0. The maximum absolute atomic E-state index is 12.7. The first-order chi connectivity index (χ1) is 16.6. The molecule has 1 heterocycles. The van der Waals surface area contributed by atoms with Crippen LogP contribution in [0.5, 0.6) is 5.75 Å². The standard InChI is InChI=1S/C28H28N4O2/c1-3-14-34-26-12-10-21(11-13-26)17-29-27(33)23-8-5-9-25(16-23)32-28-30-18-24(19-31-28)22-7-4-6-20(2)15-22/h4-13,15-16,18-19H,3,14,17H2,1-2H3,(H,29,33)(H,30,31,32). The predicted molar refractivity (Wildman–Crippen MR) is 135 cm³/mol. The van der Waals surface area contributed by atoms with Crippen molar-refractivity contribution in [3.63, 3.8) is 0 Å². The van der Waals surface area contributed by atoms with Crippen LogP contribution in [0.4, 0.5) is 11.6 Å². The first-order valence-corrected chi connectivity index (χ1v) is 11.4. The third-order valence-corrected chi connectivity index (χ3v) is 5.23. The first kappa shape index (κ1) is 23.0. The molecule has 1 aromatic heterocycles. The van der Waals surface area contributed by atoms with Gasteiger partial charge in [0.2, 0.25) is 5.95 Å². The molecule has 6 nitrogen and oxygen atoms in total. The lowest BCUT2D eigenvalue weighted by atomic mass is 10.1. The second-order valence-corrected chi connectivity index (χ2v) is 8.05. The molecule has 0 saturated heterocycles.